The van der Waals surface area contributed by atoms with E-state index in [-0.39, 0.29) is 5.56 Å². The van der Waals surface area contributed by atoms with E-state index < -0.39 is 6.43 Å². The minimum atomic E-state index is -2.39. The topological polar surface area (TPSA) is 12.0 Å². The monoisotopic (exact) mass is 239 g/mol. The van der Waals surface area contributed by atoms with Gasteiger partial charge in [0.2, 0.25) is 0 Å². The number of halogens is 2. The molecule has 1 N–H and O–H groups in total. The third kappa shape index (κ3) is 5.09. The summed E-state index contributed by atoms with van der Waals surface area (Å²) in [7, 11) is 0. The predicted molar refractivity (Wildman–Crippen MR) is 68.2 cm³/mol. The van der Waals surface area contributed by atoms with E-state index in [0.717, 1.165) is 18.5 Å². The Morgan fingerprint density at radius 2 is 1.88 bits per heavy atom. The summed E-state index contributed by atoms with van der Waals surface area (Å²) in [5.41, 5.74) is 1.01. The highest BCUT2D eigenvalue weighted by molar-refractivity contribution is 5.50. The fourth-order valence-corrected chi connectivity index (χ4v) is 1.45. The lowest BCUT2D eigenvalue weighted by molar-refractivity contribution is 0.151. The van der Waals surface area contributed by atoms with Crippen LogP contribution in [-0.2, 0) is 0 Å². The van der Waals surface area contributed by atoms with Gasteiger partial charge in [-0.2, -0.15) is 0 Å². The lowest BCUT2D eigenvalue weighted by Crippen LogP contribution is -2.24. The van der Waals surface area contributed by atoms with E-state index in [0.29, 0.717) is 6.04 Å². The number of hydrogen-bond acceptors (Lipinski definition) is 1. The third-order valence-corrected chi connectivity index (χ3v) is 2.48. The van der Waals surface area contributed by atoms with Crippen molar-refractivity contribution in [3.63, 3.8) is 0 Å². The average molecular weight is 239 g/mol. The maximum atomic E-state index is 12.3. The molecule has 0 fully saturated rings. The molecule has 0 aliphatic heterocycles. The molecule has 1 unspecified atom stereocenters. The molecular formula is C14H19F2N. The molecule has 0 heterocycles. The molecule has 1 nitrogen and oxygen atoms in total. The number of rotatable bonds is 6. The van der Waals surface area contributed by atoms with Crippen molar-refractivity contribution < 1.29 is 8.78 Å². The summed E-state index contributed by atoms with van der Waals surface area (Å²) in [6, 6.07) is 6.66. The standard InChI is InChI=1S/C14H19F2N/c1-3-10-17-11(2)4-5-12-6-8-13(9-7-12)14(15)16/h4-9,11,14,17H,3,10H2,1-2H3/b5-4+. The van der Waals surface area contributed by atoms with Crippen LogP contribution in [0, 0.1) is 0 Å². The van der Waals surface area contributed by atoms with E-state index in [2.05, 4.69) is 19.2 Å². The highest BCUT2D eigenvalue weighted by atomic mass is 19.3. The molecule has 0 spiro atoms. The summed E-state index contributed by atoms with van der Waals surface area (Å²) in [5.74, 6) is 0. The largest absolute Gasteiger partial charge is 0.311 e. The van der Waals surface area contributed by atoms with Crippen LogP contribution in [-0.4, -0.2) is 12.6 Å². The minimum absolute atomic E-state index is 0.0688. The van der Waals surface area contributed by atoms with Crippen molar-refractivity contribution in [2.75, 3.05) is 6.54 Å². The number of alkyl halides is 2. The van der Waals surface area contributed by atoms with E-state index in [9.17, 15) is 8.78 Å². The molecule has 0 aliphatic rings. The van der Waals surface area contributed by atoms with Gasteiger partial charge in [0, 0.05) is 11.6 Å². The van der Waals surface area contributed by atoms with Crippen LogP contribution in [0.4, 0.5) is 8.78 Å². The predicted octanol–water partition coefficient (Wildman–Crippen LogP) is 4.03. The Morgan fingerprint density at radius 3 is 2.41 bits per heavy atom. The molecule has 3 heteroatoms. The summed E-state index contributed by atoms with van der Waals surface area (Å²) in [4.78, 5) is 0. The molecule has 1 rings (SSSR count). The zero-order valence-electron chi connectivity index (χ0n) is 10.3. The quantitative estimate of drug-likeness (QED) is 0.790. The van der Waals surface area contributed by atoms with E-state index in [4.69, 9.17) is 0 Å². The van der Waals surface area contributed by atoms with Crippen LogP contribution in [0.2, 0.25) is 0 Å². The zero-order chi connectivity index (χ0) is 12.7. The van der Waals surface area contributed by atoms with Gasteiger partial charge in [-0.1, -0.05) is 43.3 Å². The van der Waals surface area contributed by atoms with Crippen LogP contribution < -0.4 is 5.32 Å². The minimum Gasteiger partial charge on any atom is -0.311 e. The Labute approximate surface area is 102 Å². The van der Waals surface area contributed by atoms with Gasteiger partial charge in [0.15, 0.2) is 0 Å². The second-order valence-electron chi connectivity index (χ2n) is 4.07. The van der Waals surface area contributed by atoms with Crippen LogP contribution >= 0.6 is 0 Å². The molecule has 0 saturated heterocycles. The van der Waals surface area contributed by atoms with E-state index >= 15 is 0 Å². The first-order valence-electron chi connectivity index (χ1n) is 5.93. The summed E-state index contributed by atoms with van der Waals surface area (Å²) < 4.78 is 24.6. The second kappa shape index (κ2) is 7.17. The molecule has 1 aromatic rings. The Morgan fingerprint density at radius 1 is 1.24 bits per heavy atom. The van der Waals surface area contributed by atoms with Crippen LogP contribution in [0.1, 0.15) is 37.8 Å². The lowest BCUT2D eigenvalue weighted by atomic mass is 10.1. The molecule has 1 aromatic carbocycles. The zero-order valence-corrected chi connectivity index (χ0v) is 10.3. The van der Waals surface area contributed by atoms with Crippen molar-refractivity contribution in [1.82, 2.24) is 5.32 Å². The Balaban J connectivity index is 2.53. The highest BCUT2D eigenvalue weighted by Crippen LogP contribution is 2.19. The molecule has 94 valence electrons. The molecule has 0 saturated carbocycles. The fourth-order valence-electron chi connectivity index (χ4n) is 1.45. The van der Waals surface area contributed by atoms with Crippen LogP contribution in [0.25, 0.3) is 6.08 Å². The SMILES string of the molecule is CCCNC(C)/C=C/c1ccc(C(F)F)cc1. The number of nitrogens with one attached hydrogen (secondary N) is 1. The van der Waals surface area contributed by atoms with E-state index in [1.807, 2.05) is 12.2 Å². The first-order valence-corrected chi connectivity index (χ1v) is 5.93. The molecule has 0 aromatic heterocycles. The average Bonchev–Trinajstić information content (AvgIpc) is 2.34. The number of hydrogen-bond donors (Lipinski definition) is 1. The summed E-state index contributed by atoms with van der Waals surface area (Å²) in [6.45, 7) is 5.17. The van der Waals surface area contributed by atoms with Gasteiger partial charge < -0.3 is 5.32 Å². The molecule has 0 aliphatic carbocycles. The summed E-state index contributed by atoms with van der Waals surface area (Å²) in [6.07, 6.45) is 2.69. The van der Waals surface area contributed by atoms with Crippen molar-refractivity contribution in [2.45, 2.75) is 32.7 Å². The Kier molecular flexibility index (Phi) is 5.84. The molecular weight excluding hydrogens is 220 g/mol. The summed E-state index contributed by atoms with van der Waals surface area (Å²) >= 11 is 0. The van der Waals surface area contributed by atoms with Crippen LogP contribution in [0.5, 0.6) is 0 Å². The first kappa shape index (κ1) is 13.8. The maximum Gasteiger partial charge on any atom is 0.263 e. The highest BCUT2D eigenvalue weighted by Gasteiger charge is 2.04. The van der Waals surface area contributed by atoms with Gasteiger partial charge in [-0.15, -0.1) is 0 Å². The van der Waals surface area contributed by atoms with Gasteiger partial charge in [0.25, 0.3) is 6.43 Å². The van der Waals surface area contributed by atoms with Crippen molar-refractivity contribution in [3.8, 4) is 0 Å². The maximum absolute atomic E-state index is 12.3. The smallest absolute Gasteiger partial charge is 0.263 e. The Hall–Kier alpha value is -1.22. The van der Waals surface area contributed by atoms with Gasteiger partial charge in [0.1, 0.15) is 0 Å². The molecule has 1 atom stereocenters. The van der Waals surface area contributed by atoms with E-state index in [1.165, 1.54) is 12.1 Å². The fraction of sp³-hybridized carbons (Fsp3) is 0.429. The summed E-state index contributed by atoms with van der Waals surface area (Å²) in [5, 5.41) is 3.33. The second-order valence-corrected chi connectivity index (χ2v) is 4.07. The molecule has 0 amide bonds. The van der Waals surface area contributed by atoms with Crippen molar-refractivity contribution in [3.05, 3.63) is 41.5 Å². The van der Waals surface area contributed by atoms with Gasteiger partial charge >= 0.3 is 0 Å². The van der Waals surface area contributed by atoms with Crippen molar-refractivity contribution in [2.24, 2.45) is 0 Å². The lowest BCUT2D eigenvalue weighted by Gasteiger charge is -2.07. The van der Waals surface area contributed by atoms with Gasteiger partial charge in [-0.05, 0) is 25.5 Å². The van der Waals surface area contributed by atoms with E-state index in [1.54, 1.807) is 12.1 Å². The van der Waals surface area contributed by atoms with Gasteiger partial charge in [-0.3, -0.25) is 0 Å². The van der Waals surface area contributed by atoms with Crippen LogP contribution in [0.15, 0.2) is 30.3 Å². The first-order chi connectivity index (χ1) is 8.13. The van der Waals surface area contributed by atoms with Gasteiger partial charge in [0.05, 0.1) is 0 Å². The van der Waals surface area contributed by atoms with Crippen LogP contribution in [0.3, 0.4) is 0 Å². The van der Waals surface area contributed by atoms with Crippen molar-refractivity contribution in [1.29, 1.82) is 0 Å². The van der Waals surface area contributed by atoms with Gasteiger partial charge in [-0.25, -0.2) is 8.78 Å². The molecule has 0 bridgehead atoms. The Bertz CT molecular complexity index is 344. The number of benzene rings is 1. The molecule has 17 heavy (non-hydrogen) atoms. The third-order valence-electron chi connectivity index (χ3n) is 2.48. The normalized spacial score (nSPS) is 13.5. The van der Waals surface area contributed by atoms with Crippen molar-refractivity contribution >= 4 is 6.08 Å². The molecule has 0 radical (unpaired) electrons.